The SMILES string of the molecule is CC(C)(O)C(C)(C)NCc1ccc(Cl)s1. The molecule has 0 aliphatic rings. The number of rotatable bonds is 4. The number of nitrogens with one attached hydrogen (secondary N) is 1. The molecular formula is C11H18ClNOS. The Bertz CT molecular complexity index is 328. The lowest BCUT2D eigenvalue weighted by Crippen LogP contribution is -2.55. The van der Waals surface area contributed by atoms with Crippen LogP contribution in [0.5, 0.6) is 0 Å². The standard InChI is InChI=1S/C11H18ClNOS/c1-10(2,11(3,4)14)13-7-8-5-6-9(12)15-8/h5-6,13-14H,7H2,1-4H3. The van der Waals surface area contributed by atoms with Gasteiger partial charge in [-0.15, -0.1) is 11.3 Å². The third-order valence-corrected chi connectivity index (χ3v) is 4.09. The molecule has 0 saturated heterocycles. The van der Waals surface area contributed by atoms with Crippen molar-refractivity contribution in [3.8, 4) is 0 Å². The van der Waals surface area contributed by atoms with E-state index in [-0.39, 0.29) is 5.54 Å². The Morgan fingerprint density at radius 3 is 2.33 bits per heavy atom. The fraction of sp³-hybridized carbons (Fsp3) is 0.636. The number of hydrogen-bond donors (Lipinski definition) is 2. The van der Waals surface area contributed by atoms with Gasteiger partial charge in [-0.3, -0.25) is 0 Å². The van der Waals surface area contributed by atoms with Gasteiger partial charge >= 0.3 is 0 Å². The molecule has 1 aromatic heterocycles. The number of aliphatic hydroxyl groups is 1. The minimum atomic E-state index is -0.756. The molecule has 0 radical (unpaired) electrons. The molecule has 4 heteroatoms. The van der Waals surface area contributed by atoms with Crippen LogP contribution in [-0.2, 0) is 6.54 Å². The smallest absolute Gasteiger partial charge is 0.0931 e. The van der Waals surface area contributed by atoms with Crippen LogP contribution in [0, 0.1) is 0 Å². The zero-order chi connectivity index (χ0) is 11.7. The average Bonchev–Trinajstić information content (AvgIpc) is 2.46. The molecule has 1 rings (SSSR count). The van der Waals surface area contributed by atoms with E-state index < -0.39 is 5.60 Å². The van der Waals surface area contributed by atoms with Gasteiger partial charge in [-0.1, -0.05) is 11.6 Å². The predicted octanol–water partition coefficient (Wildman–Crippen LogP) is 3.04. The molecule has 0 aliphatic heterocycles. The van der Waals surface area contributed by atoms with E-state index in [2.05, 4.69) is 5.32 Å². The zero-order valence-electron chi connectivity index (χ0n) is 9.60. The Morgan fingerprint density at radius 1 is 1.33 bits per heavy atom. The summed E-state index contributed by atoms with van der Waals surface area (Å²) < 4.78 is 0.799. The third kappa shape index (κ3) is 3.45. The topological polar surface area (TPSA) is 32.3 Å². The highest BCUT2D eigenvalue weighted by atomic mass is 35.5. The van der Waals surface area contributed by atoms with Gasteiger partial charge in [0.1, 0.15) is 0 Å². The van der Waals surface area contributed by atoms with Gasteiger partial charge in [0.15, 0.2) is 0 Å². The maximum atomic E-state index is 9.94. The fourth-order valence-electron chi connectivity index (χ4n) is 0.971. The van der Waals surface area contributed by atoms with Crippen LogP contribution in [0.4, 0.5) is 0 Å². The van der Waals surface area contributed by atoms with Crippen LogP contribution in [0.3, 0.4) is 0 Å². The number of thiophene rings is 1. The van der Waals surface area contributed by atoms with E-state index >= 15 is 0 Å². The van der Waals surface area contributed by atoms with Crippen molar-refractivity contribution in [3.05, 3.63) is 21.3 Å². The molecule has 2 nitrogen and oxygen atoms in total. The maximum absolute atomic E-state index is 9.94. The lowest BCUT2D eigenvalue weighted by atomic mass is 9.86. The van der Waals surface area contributed by atoms with Gasteiger partial charge in [-0.05, 0) is 39.8 Å². The van der Waals surface area contributed by atoms with Gasteiger partial charge in [0, 0.05) is 17.0 Å². The van der Waals surface area contributed by atoms with Crippen molar-refractivity contribution in [1.29, 1.82) is 0 Å². The third-order valence-electron chi connectivity index (χ3n) is 2.86. The van der Waals surface area contributed by atoms with Crippen molar-refractivity contribution in [2.24, 2.45) is 0 Å². The molecule has 0 saturated carbocycles. The quantitative estimate of drug-likeness (QED) is 0.857. The van der Waals surface area contributed by atoms with E-state index in [0.717, 1.165) is 10.9 Å². The Kier molecular flexibility index (Phi) is 3.82. The highest BCUT2D eigenvalue weighted by Gasteiger charge is 2.34. The first kappa shape index (κ1) is 13.0. The summed E-state index contributed by atoms with van der Waals surface area (Å²) in [5.74, 6) is 0. The number of hydrogen-bond acceptors (Lipinski definition) is 3. The molecule has 0 unspecified atom stereocenters. The van der Waals surface area contributed by atoms with Crippen LogP contribution in [0.1, 0.15) is 32.6 Å². The van der Waals surface area contributed by atoms with E-state index in [0.29, 0.717) is 0 Å². The Labute approximate surface area is 100 Å². The Hall–Kier alpha value is -0.0900. The van der Waals surface area contributed by atoms with E-state index in [1.165, 1.54) is 4.88 Å². The maximum Gasteiger partial charge on any atom is 0.0931 e. The first-order valence-electron chi connectivity index (χ1n) is 4.94. The summed E-state index contributed by atoms with van der Waals surface area (Å²) in [6.45, 7) is 8.32. The molecule has 0 bridgehead atoms. The first-order chi connectivity index (χ1) is 6.72. The van der Waals surface area contributed by atoms with Gasteiger partial charge in [0.2, 0.25) is 0 Å². The van der Waals surface area contributed by atoms with Crippen molar-refractivity contribution in [2.45, 2.75) is 45.4 Å². The molecule has 1 heterocycles. The lowest BCUT2D eigenvalue weighted by Gasteiger charge is -2.38. The van der Waals surface area contributed by atoms with E-state index in [1.807, 2.05) is 26.0 Å². The van der Waals surface area contributed by atoms with Crippen LogP contribution in [-0.4, -0.2) is 16.2 Å². The van der Waals surface area contributed by atoms with Crippen molar-refractivity contribution in [2.75, 3.05) is 0 Å². The summed E-state index contributed by atoms with van der Waals surface area (Å²) in [6.07, 6.45) is 0. The zero-order valence-corrected chi connectivity index (χ0v) is 11.2. The Morgan fingerprint density at radius 2 is 1.93 bits per heavy atom. The largest absolute Gasteiger partial charge is 0.389 e. The van der Waals surface area contributed by atoms with Crippen LogP contribution in [0.15, 0.2) is 12.1 Å². The minimum Gasteiger partial charge on any atom is -0.389 e. The summed E-state index contributed by atoms with van der Waals surface area (Å²) in [5, 5.41) is 13.3. The second-order valence-electron chi connectivity index (χ2n) is 4.74. The number of halogens is 1. The van der Waals surface area contributed by atoms with Crippen LogP contribution in [0.2, 0.25) is 4.34 Å². The molecule has 86 valence electrons. The molecule has 0 spiro atoms. The van der Waals surface area contributed by atoms with Crippen LogP contribution in [0.25, 0.3) is 0 Å². The summed E-state index contributed by atoms with van der Waals surface area (Å²) >= 11 is 7.40. The lowest BCUT2D eigenvalue weighted by molar-refractivity contribution is -0.00520. The van der Waals surface area contributed by atoms with Gasteiger partial charge in [0.05, 0.1) is 9.94 Å². The predicted molar refractivity (Wildman–Crippen MR) is 66.5 cm³/mol. The van der Waals surface area contributed by atoms with Crippen molar-refractivity contribution < 1.29 is 5.11 Å². The second-order valence-corrected chi connectivity index (χ2v) is 6.54. The normalized spacial score (nSPS) is 13.2. The van der Waals surface area contributed by atoms with Crippen molar-refractivity contribution in [1.82, 2.24) is 5.32 Å². The van der Waals surface area contributed by atoms with Crippen LogP contribution >= 0.6 is 22.9 Å². The summed E-state index contributed by atoms with van der Waals surface area (Å²) in [6, 6.07) is 3.89. The summed E-state index contributed by atoms with van der Waals surface area (Å²) in [4.78, 5) is 1.18. The second kappa shape index (κ2) is 4.42. The van der Waals surface area contributed by atoms with E-state index in [9.17, 15) is 5.11 Å². The van der Waals surface area contributed by atoms with Gasteiger partial charge in [0.25, 0.3) is 0 Å². The average molecular weight is 248 g/mol. The molecule has 0 aliphatic carbocycles. The molecule has 0 aromatic carbocycles. The minimum absolute atomic E-state index is 0.330. The highest BCUT2D eigenvalue weighted by Crippen LogP contribution is 2.24. The molecule has 15 heavy (non-hydrogen) atoms. The van der Waals surface area contributed by atoms with Crippen molar-refractivity contribution in [3.63, 3.8) is 0 Å². The highest BCUT2D eigenvalue weighted by molar-refractivity contribution is 7.16. The molecule has 0 fully saturated rings. The van der Waals surface area contributed by atoms with Gasteiger partial charge in [-0.2, -0.15) is 0 Å². The summed E-state index contributed by atoms with van der Waals surface area (Å²) in [5.41, 5.74) is -1.09. The summed E-state index contributed by atoms with van der Waals surface area (Å²) in [7, 11) is 0. The molecule has 0 atom stereocenters. The van der Waals surface area contributed by atoms with Crippen LogP contribution < -0.4 is 5.32 Å². The van der Waals surface area contributed by atoms with Gasteiger partial charge in [-0.25, -0.2) is 0 Å². The monoisotopic (exact) mass is 247 g/mol. The molecular weight excluding hydrogens is 230 g/mol. The molecule has 2 N–H and O–H groups in total. The van der Waals surface area contributed by atoms with Crippen molar-refractivity contribution >= 4 is 22.9 Å². The van der Waals surface area contributed by atoms with E-state index in [1.54, 1.807) is 25.2 Å². The fourth-order valence-corrected chi connectivity index (χ4v) is 2.00. The van der Waals surface area contributed by atoms with Gasteiger partial charge < -0.3 is 10.4 Å². The molecule has 0 amide bonds. The van der Waals surface area contributed by atoms with E-state index in [4.69, 9.17) is 11.6 Å². The first-order valence-corrected chi connectivity index (χ1v) is 6.13. The Balaban J connectivity index is 2.57. The molecule has 1 aromatic rings.